The van der Waals surface area contributed by atoms with Crippen LogP contribution in [0.3, 0.4) is 0 Å². The maximum atomic E-state index is 5.72. The van der Waals surface area contributed by atoms with Crippen molar-refractivity contribution in [3.05, 3.63) is 61.2 Å². The molecule has 1 heteroatoms. The highest BCUT2D eigenvalue weighted by molar-refractivity contribution is 5.63. The van der Waals surface area contributed by atoms with E-state index in [9.17, 15) is 0 Å². The Kier molecular flexibility index (Phi) is 8.32. The maximum Gasteiger partial charge on any atom is 0.135 e. The predicted molar refractivity (Wildman–Crippen MR) is 99.4 cm³/mol. The van der Waals surface area contributed by atoms with E-state index < -0.39 is 0 Å². The Hall–Kier alpha value is -1.76. The van der Waals surface area contributed by atoms with Crippen molar-refractivity contribution in [2.24, 2.45) is 0 Å². The highest BCUT2D eigenvalue weighted by atomic mass is 16.5. The Morgan fingerprint density at radius 2 is 1.30 bits per heavy atom. The van der Waals surface area contributed by atoms with E-state index in [1.807, 2.05) is 24.8 Å². The summed E-state index contributed by atoms with van der Waals surface area (Å²) in [7, 11) is 0. The number of rotatable bonds is 11. The Morgan fingerprint density at radius 3 is 2.00 bits per heavy atom. The number of ether oxygens (including phenoxy) is 1. The first-order chi connectivity index (χ1) is 11.4. The minimum absolute atomic E-state index is 0.924. The second-order valence-electron chi connectivity index (χ2n) is 6.08. The lowest BCUT2D eigenvalue weighted by Gasteiger charge is -2.07. The molecule has 0 saturated heterocycles. The summed E-state index contributed by atoms with van der Waals surface area (Å²) in [6.45, 7) is 4.21. The van der Waals surface area contributed by atoms with Gasteiger partial charge in [-0.2, -0.15) is 0 Å². The highest BCUT2D eigenvalue weighted by Crippen LogP contribution is 2.22. The summed E-state index contributed by atoms with van der Waals surface area (Å²) in [4.78, 5) is 0. The van der Waals surface area contributed by atoms with Crippen LogP contribution in [0.2, 0.25) is 0 Å². The van der Waals surface area contributed by atoms with Gasteiger partial charge in [-0.25, -0.2) is 0 Å². The smallest absolute Gasteiger partial charge is 0.135 e. The van der Waals surface area contributed by atoms with Gasteiger partial charge in [-0.3, -0.25) is 0 Å². The van der Waals surface area contributed by atoms with Crippen molar-refractivity contribution in [1.82, 2.24) is 0 Å². The van der Waals surface area contributed by atoms with Crippen molar-refractivity contribution < 1.29 is 4.74 Å². The van der Waals surface area contributed by atoms with Gasteiger partial charge in [-0.05, 0) is 36.1 Å². The third kappa shape index (κ3) is 6.90. The standard InChI is InChI=1S/C22H29O/c1-2-3-4-5-6-7-8-12-19-23-22-17-15-21(16-18-22)20-13-10-9-11-14-20/h9-11,13-19H,2-8,12H2,1H3. The zero-order valence-corrected chi connectivity index (χ0v) is 14.3. The van der Waals surface area contributed by atoms with Crippen LogP contribution in [0.1, 0.15) is 58.3 Å². The van der Waals surface area contributed by atoms with Crippen molar-refractivity contribution in [2.45, 2.75) is 58.3 Å². The van der Waals surface area contributed by atoms with Crippen LogP contribution in [-0.2, 0) is 0 Å². The first-order valence-electron chi connectivity index (χ1n) is 9.04. The van der Waals surface area contributed by atoms with Crippen LogP contribution in [0.4, 0.5) is 0 Å². The van der Waals surface area contributed by atoms with Gasteiger partial charge in [-0.15, -0.1) is 0 Å². The van der Waals surface area contributed by atoms with Crippen LogP contribution in [0.5, 0.6) is 5.75 Å². The Balaban J connectivity index is 1.60. The molecule has 0 aromatic heterocycles. The van der Waals surface area contributed by atoms with Crippen LogP contribution in [0, 0.1) is 6.61 Å². The summed E-state index contributed by atoms with van der Waals surface area (Å²) >= 11 is 0. The molecular formula is C22H29O. The average molecular weight is 309 g/mol. The summed E-state index contributed by atoms with van der Waals surface area (Å²) in [6, 6.07) is 18.8. The SMILES string of the molecule is CCCCCCCCC[CH]Oc1ccc(-c2ccccc2)cc1. The van der Waals surface area contributed by atoms with E-state index in [1.165, 1.54) is 56.1 Å². The average Bonchev–Trinajstić information content (AvgIpc) is 2.62. The Morgan fingerprint density at radius 1 is 0.696 bits per heavy atom. The molecule has 0 aliphatic heterocycles. The zero-order valence-electron chi connectivity index (χ0n) is 14.3. The molecule has 1 nitrogen and oxygen atoms in total. The monoisotopic (exact) mass is 309 g/mol. The van der Waals surface area contributed by atoms with Crippen molar-refractivity contribution in [2.75, 3.05) is 0 Å². The lowest BCUT2D eigenvalue weighted by Crippen LogP contribution is -1.90. The molecule has 2 aromatic rings. The summed E-state index contributed by atoms with van der Waals surface area (Å²) in [5.41, 5.74) is 2.47. The van der Waals surface area contributed by atoms with E-state index in [1.54, 1.807) is 0 Å². The fourth-order valence-corrected chi connectivity index (χ4v) is 2.70. The van der Waals surface area contributed by atoms with Gasteiger partial charge in [0.15, 0.2) is 0 Å². The molecule has 0 aliphatic carbocycles. The quantitative estimate of drug-likeness (QED) is 0.405. The maximum absolute atomic E-state index is 5.72. The van der Waals surface area contributed by atoms with E-state index in [2.05, 4.69) is 43.3 Å². The van der Waals surface area contributed by atoms with E-state index in [4.69, 9.17) is 4.74 Å². The van der Waals surface area contributed by atoms with Gasteiger partial charge in [0.05, 0.1) is 0 Å². The van der Waals surface area contributed by atoms with Gasteiger partial charge in [0.25, 0.3) is 0 Å². The van der Waals surface area contributed by atoms with Crippen molar-refractivity contribution >= 4 is 0 Å². The van der Waals surface area contributed by atoms with Crippen LogP contribution < -0.4 is 4.74 Å². The lowest BCUT2D eigenvalue weighted by molar-refractivity contribution is 0.383. The molecule has 0 unspecified atom stereocenters. The molecule has 0 fully saturated rings. The van der Waals surface area contributed by atoms with Gasteiger partial charge < -0.3 is 4.74 Å². The predicted octanol–water partition coefficient (Wildman–Crippen LogP) is 7.03. The van der Waals surface area contributed by atoms with Gasteiger partial charge in [0.2, 0.25) is 0 Å². The Labute approximate surface area is 141 Å². The van der Waals surface area contributed by atoms with Crippen molar-refractivity contribution in [1.29, 1.82) is 0 Å². The molecule has 123 valence electrons. The molecule has 0 amide bonds. The van der Waals surface area contributed by atoms with Gasteiger partial charge in [0, 0.05) is 0 Å². The van der Waals surface area contributed by atoms with Gasteiger partial charge in [0.1, 0.15) is 12.4 Å². The zero-order chi connectivity index (χ0) is 16.2. The van der Waals surface area contributed by atoms with Gasteiger partial charge in [-0.1, -0.05) is 87.9 Å². The summed E-state index contributed by atoms with van der Waals surface area (Å²) in [6.07, 6.45) is 10.4. The van der Waals surface area contributed by atoms with Crippen molar-refractivity contribution in [3.63, 3.8) is 0 Å². The number of benzene rings is 2. The lowest BCUT2D eigenvalue weighted by atomic mass is 10.1. The molecule has 0 bridgehead atoms. The van der Waals surface area contributed by atoms with Crippen LogP contribution >= 0.6 is 0 Å². The molecule has 0 atom stereocenters. The first kappa shape index (κ1) is 17.6. The van der Waals surface area contributed by atoms with E-state index in [0.717, 1.165) is 12.2 Å². The summed E-state index contributed by atoms with van der Waals surface area (Å²) in [5.74, 6) is 0.924. The molecule has 23 heavy (non-hydrogen) atoms. The van der Waals surface area contributed by atoms with Crippen LogP contribution in [0.15, 0.2) is 54.6 Å². The molecule has 0 spiro atoms. The number of hydrogen-bond acceptors (Lipinski definition) is 1. The fourth-order valence-electron chi connectivity index (χ4n) is 2.70. The minimum atomic E-state index is 0.924. The third-order valence-corrected chi connectivity index (χ3v) is 4.11. The fraction of sp³-hybridized carbons (Fsp3) is 0.409. The molecule has 2 rings (SSSR count). The van der Waals surface area contributed by atoms with Gasteiger partial charge >= 0.3 is 0 Å². The normalized spacial score (nSPS) is 10.7. The second-order valence-corrected chi connectivity index (χ2v) is 6.08. The number of hydrogen-bond donors (Lipinski definition) is 0. The number of unbranched alkanes of at least 4 members (excludes halogenated alkanes) is 7. The van der Waals surface area contributed by atoms with E-state index >= 15 is 0 Å². The van der Waals surface area contributed by atoms with E-state index in [-0.39, 0.29) is 0 Å². The Bertz CT molecular complexity index is 515. The molecule has 0 N–H and O–H groups in total. The van der Waals surface area contributed by atoms with Crippen LogP contribution in [0.25, 0.3) is 11.1 Å². The molecule has 1 radical (unpaired) electrons. The molecular weight excluding hydrogens is 280 g/mol. The minimum Gasteiger partial charge on any atom is -0.487 e. The van der Waals surface area contributed by atoms with Crippen molar-refractivity contribution in [3.8, 4) is 16.9 Å². The molecule has 0 saturated carbocycles. The summed E-state index contributed by atoms with van der Waals surface area (Å²) in [5, 5.41) is 0. The largest absolute Gasteiger partial charge is 0.487 e. The topological polar surface area (TPSA) is 9.23 Å². The van der Waals surface area contributed by atoms with E-state index in [0.29, 0.717) is 0 Å². The van der Waals surface area contributed by atoms with Crippen LogP contribution in [-0.4, -0.2) is 0 Å². The summed E-state index contributed by atoms with van der Waals surface area (Å²) < 4.78 is 5.72. The second kappa shape index (κ2) is 10.9. The molecule has 0 heterocycles. The highest BCUT2D eigenvalue weighted by Gasteiger charge is 1.99. The first-order valence-corrected chi connectivity index (χ1v) is 9.04. The molecule has 2 aromatic carbocycles. The third-order valence-electron chi connectivity index (χ3n) is 4.11. The molecule has 0 aliphatic rings.